The van der Waals surface area contributed by atoms with Crippen LogP contribution in [0.2, 0.25) is 5.02 Å². The highest BCUT2D eigenvalue weighted by molar-refractivity contribution is 7.98. The van der Waals surface area contributed by atoms with Crippen LogP contribution in [-0.4, -0.2) is 10.9 Å². The number of guanidine groups is 1. The lowest BCUT2D eigenvalue weighted by atomic mass is 10.0. The predicted molar refractivity (Wildman–Crippen MR) is 97.1 cm³/mol. The monoisotopic (exact) mass is 374 g/mol. The van der Waals surface area contributed by atoms with Gasteiger partial charge < -0.3 is 15.1 Å². The summed E-state index contributed by atoms with van der Waals surface area (Å²) in [6.45, 7) is 0.400. The lowest BCUT2D eigenvalue weighted by molar-refractivity contribution is 0.488. The Balaban J connectivity index is 1.63. The van der Waals surface area contributed by atoms with Gasteiger partial charge in [-0.1, -0.05) is 35.9 Å². The van der Waals surface area contributed by atoms with Crippen molar-refractivity contribution >= 4 is 35.2 Å². The van der Waals surface area contributed by atoms with E-state index in [-0.39, 0.29) is 5.02 Å². The highest BCUT2D eigenvalue weighted by Gasteiger charge is 2.19. The third-order valence-electron chi connectivity index (χ3n) is 3.64. The normalized spacial score (nSPS) is 13.0. The van der Waals surface area contributed by atoms with E-state index in [9.17, 15) is 4.39 Å². The molecule has 0 atom stereocenters. The number of hydrogen-bond donors (Lipinski definition) is 2. The Bertz CT molecular complexity index is 946. The van der Waals surface area contributed by atoms with Gasteiger partial charge in [-0.05, 0) is 12.1 Å². The highest BCUT2D eigenvalue weighted by atomic mass is 35.5. The second-order valence-electron chi connectivity index (χ2n) is 5.22. The fourth-order valence-corrected chi connectivity index (χ4v) is 3.40. The summed E-state index contributed by atoms with van der Waals surface area (Å²) in [5, 5.41) is 6.46. The third kappa shape index (κ3) is 3.20. The number of halogens is 2. The Morgan fingerprint density at radius 2 is 2.04 bits per heavy atom. The van der Waals surface area contributed by atoms with Crippen molar-refractivity contribution < 1.29 is 8.81 Å². The number of aromatic nitrogens is 1. The molecule has 8 heteroatoms. The smallest absolute Gasteiger partial charge is 0.213 e. The van der Waals surface area contributed by atoms with E-state index in [1.807, 2.05) is 18.2 Å². The maximum atomic E-state index is 13.8. The van der Waals surface area contributed by atoms with Crippen LogP contribution in [0.3, 0.4) is 0 Å². The standard InChI is InChI=1S/C17H12ClFN4OS/c18-15-10(3-1-5-12(15)19)11-4-2-6-13-16(11)22-17(23-25-13)21-9-14-20-7-8-24-14/h1-8H,9H2,(H2,21,22,23). The van der Waals surface area contributed by atoms with Gasteiger partial charge in [-0.15, -0.1) is 0 Å². The topological polar surface area (TPSA) is 62.5 Å². The fourth-order valence-electron chi connectivity index (χ4n) is 2.48. The number of benzene rings is 2. The molecule has 126 valence electrons. The van der Waals surface area contributed by atoms with Crippen LogP contribution in [-0.2, 0) is 6.54 Å². The van der Waals surface area contributed by atoms with Crippen LogP contribution in [0.25, 0.3) is 11.1 Å². The van der Waals surface area contributed by atoms with Crippen LogP contribution in [0.1, 0.15) is 5.89 Å². The molecule has 1 aliphatic heterocycles. The first-order valence-corrected chi connectivity index (χ1v) is 8.59. The van der Waals surface area contributed by atoms with E-state index in [2.05, 4.69) is 20.0 Å². The molecule has 0 aliphatic carbocycles. The van der Waals surface area contributed by atoms with Gasteiger partial charge in [0.1, 0.15) is 12.1 Å². The number of anilines is 1. The first-order chi connectivity index (χ1) is 12.2. The van der Waals surface area contributed by atoms with Crippen LogP contribution in [0.5, 0.6) is 0 Å². The average molecular weight is 375 g/mol. The third-order valence-corrected chi connectivity index (χ3v) is 4.83. The van der Waals surface area contributed by atoms with Crippen LogP contribution in [0.4, 0.5) is 10.1 Å². The average Bonchev–Trinajstić information content (AvgIpc) is 3.15. The molecule has 5 nitrogen and oxygen atoms in total. The van der Waals surface area contributed by atoms with Crippen molar-refractivity contribution in [1.82, 2.24) is 10.3 Å². The molecule has 0 amide bonds. The molecule has 1 aromatic heterocycles. The molecular formula is C17H12ClFN4OS. The molecule has 25 heavy (non-hydrogen) atoms. The first-order valence-electron chi connectivity index (χ1n) is 7.44. The molecule has 2 heterocycles. The van der Waals surface area contributed by atoms with Crippen molar-refractivity contribution in [2.45, 2.75) is 11.4 Å². The SMILES string of the molecule is Fc1cccc(-c2cccc3c2NC(NCc2ncco2)=NS3)c1Cl. The van der Waals surface area contributed by atoms with Crippen molar-refractivity contribution in [3.8, 4) is 11.1 Å². The number of nitrogens with one attached hydrogen (secondary N) is 2. The molecule has 0 bridgehead atoms. The van der Waals surface area contributed by atoms with Crippen LogP contribution >= 0.6 is 23.5 Å². The van der Waals surface area contributed by atoms with Crippen LogP contribution in [0.15, 0.2) is 62.6 Å². The number of fused-ring (bicyclic) bond motifs is 1. The van der Waals surface area contributed by atoms with E-state index < -0.39 is 5.82 Å². The minimum atomic E-state index is -0.448. The number of rotatable bonds is 3. The number of hydrogen-bond acceptors (Lipinski definition) is 6. The van der Waals surface area contributed by atoms with Gasteiger partial charge in [0, 0.05) is 23.1 Å². The van der Waals surface area contributed by atoms with Crippen LogP contribution < -0.4 is 10.6 Å². The molecule has 4 rings (SSSR count). The van der Waals surface area contributed by atoms with Gasteiger partial charge in [-0.2, -0.15) is 4.40 Å². The molecule has 0 saturated carbocycles. The molecule has 2 aromatic carbocycles. The van der Waals surface area contributed by atoms with E-state index in [1.54, 1.807) is 18.3 Å². The molecular weight excluding hydrogens is 363 g/mol. The fraction of sp³-hybridized carbons (Fsp3) is 0.0588. The summed E-state index contributed by atoms with van der Waals surface area (Å²) in [5.41, 5.74) is 2.25. The Labute approximate surface area is 152 Å². The van der Waals surface area contributed by atoms with E-state index >= 15 is 0 Å². The Hall–Kier alpha value is -2.51. The Kier molecular flexibility index (Phi) is 4.33. The van der Waals surface area contributed by atoms with Gasteiger partial charge in [0.25, 0.3) is 0 Å². The molecule has 1 aliphatic rings. The second kappa shape index (κ2) is 6.78. The Morgan fingerprint density at radius 3 is 2.88 bits per heavy atom. The van der Waals surface area contributed by atoms with Gasteiger partial charge in [0.15, 0.2) is 0 Å². The lowest BCUT2D eigenvalue weighted by Gasteiger charge is -2.21. The van der Waals surface area contributed by atoms with Crippen molar-refractivity contribution in [3.63, 3.8) is 0 Å². The lowest BCUT2D eigenvalue weighted by Crippen LogP contribution is -2.31. The molecule has 0 saturated heterocycles. The van der Waals surface area contributed by atoms with Crippen molar-refractivity contribution in [3.05, 3.63) is 65.6 Å². The quantitative estimate of drug-likeness (QED) is 0.650. The summed E-state index contributed by atoms with van der Waals surface area (Å²) in [6, 6.07) is 10.5. The molecule has 0 radical (unpaired) electrons. The summed E-state index contributed by atoms with van der Waals surface area (Å²) < 4.78 is 23.4. The zero-order chi connectivity index (χ0) is 17.2. The zero-order valence-corrected chi connectivity index (χ0v) is 14.4. The van der Waals surface area contributed by atoms with Gasteiger partial charge in [-0.25, -0.2) is 9.37 Å². The summed E-state index contributed by atoms with van der Waals surface area (Å²) in [4.78, 5) is 4.98. The predicted octanol–water partition coefficient (Wildman–Crippen LogP) is 4.71. The first kappa shape index (κ1) is 16.0. The van der Waals surface area contributed by atoms with Gasteiger partial charge >= 0.3 is 0 Å². The molecule has 2 N–H and O–H groups in total. The van der Waals surface area contributed by atoms with Crippen molar-refractivity contribution in [1.29, 1.82) is 0 Å². The molecule has 0 fully saturated rings. The van der Waals surface area contributed by atoms with Gasteiger partial charge in [0.05, 0.1) is 28.3 Å². The number of para-hydroxylation sites is 1. The van der Waals surface area contributed by atoms with E-state index in [4.69, 9.17) is 16.0 Å². The second-order valence-corrected chi connectivity index (χ2v) is 6.40. The number of nitrogens with zero attached hydrogens (tertiary/aromatic N) is 2. The van der Waals surface area contributed by atoms with Crippen molar-refractivity contribution in [2.24, 2.45) is 4.40 Å². The molecule has 0 spiro atoms. The minimum absolute atomic E-state index is 0.0968. The molecule has 3 aromatic rings. The number of oxazole rings is 1. The Morgan fingerprint density at radius 1 is 1.20 bits per heavy atom. The van der Waals surface area contributed by atoms with E-state index in [0.717, 1.165) is 16.1 Å². The summed E-state index contributed by atoms with van der Waals surface area (Å²) in [7, 11) is 0. The van der Waals surface area contributed by atoms with E-state index in [0.29, 0.717) is 24.0 Å². The highest BCUT2D eigenvalue weighted by Crippen LogP contribution is 2.41. The molecule has 0 unspecified atom stereocenters. The largest absolute Gasteiger partial charge is 0.447 e. The van der Waals surface area contributed by atoms with Crippen LogP contribution in [0, 0.1) is 5.82 Å². The van der Waals surface area contributed by atoms with Crippen molar-refractivity contribution in [2.75, 3.05) is 5.32 Å². The maximum Gasteiger partial charge on any atom is 0.213 e. The summed E-state index contributed by atoms with van der Waals surface area (Å²) >= 11 is 7.49. The van der Waals surface area contributed by atoms with E-state index in [1.165, 1.54) is 24.3 Å². The summed E-state index contributed by atoms with van der Waals surface area (Å²) in [5.74, 6) is 0.675. The van der Waals surface area contributed by atoms with Gasteiger partial charge in [0.2, 0.25) is 11.9 Å². The summed E-state index contributed by atoms with van der Waals surface area (Å²) in [6.07, 6.45) is 3.10. The van der Waals surface area contributed by atoms with Gasteiger partial charge in [-0.3, -0.25) is 0 Å². The maximum absolute atomic E-state index is 13.8. The minimum Gasteiger partial charge on any atom is -0.447 e. The zero-order valence-electron chi connectivity index (χ0n) is 12.8.